The molecule has 0 aliphatic rings. The summed E-state index contributed by atoms with van der Waals surface area (Å²) in [6, 6.07) is 11.9. The van der Waals surface area contributed by atoms with E-state index in [0.29, 0.717) is 29.8 Å². The molecule has 0 spiro atoms. The standard InChI is InChI=1S/C16H17FN2O/c1-11(20)14-10-13(6-7-16(14)18)19-9-8-12-4-2-3-5-15(12)17/h2-7,10,19H,8-9,18H2,1H3. The Morgan fingerprint density at radius 2 is 2.00 bits per heavy atom. The number of benzene rings is 2. The Hall–Kier alpha value is -2.36. The molecule has 2 aromatic carbocycles. The van der Waals surface area contributed by atoms with Crippen LogP contribution in [0.5, 0.6) is 0 Å². The summed E-state index contributed by atoms with van der Waals surface area (Å²) in [5, 5.41) is 3.17. The molecule has 2 rings (SSSR count). The minimum absolute atomic E-state index is 0.0692. The van der Waals surface area contributed by atoms with Gasteiger partial charge in [0.2, 0.25) is 0 Å². The van der Waals surface area contributed by atoms with Gasteiger partial charge in [-0.25, -0.2) is 4.39 Å². The molecule has 104 valence electrons. The van der Waals surface area contributed by atoms with E-state index in [4.69, 9.17) is 5.73 Å². The van der Waals surface area contributed by atoms with Crippen LogP contribution in [-0.2, 0) is 6.42 Å². The Balaban J connectivity index is 2.00. The first kappa shape index (κ1) is 14.1. The van der Waals surface area contributed by atoms with E-state index in [1.165, 1.54) is 13.0 Å². The highest BCUT2D eigenvalue weighted by molar-refractivity contribution is 5.99. The lowest BCUT2D eigenvalue weighted by Crippen LogP contribution is -2.07. The Kier molecular flexibility index (Phi) is 4.35. The molecular weight excluding hydrogens is 255 g/mol. The Bertz CT molecular complexity index is 626. The lowest BCUT2D eigenvalue weighted by atomic mass is 10.1. The highest BCUT2D eigenvalue weighted by Gasteiger charge is 2.06. The van der Waals surface area contributed by atoms with Crippen LogP contribution in [0.4, 0.5) is 15.8 Å². The van der Waals surface area contributed by atoms with Crippen molar-refractivity contribution in [3.8, 4) is 0 Å². The Morgan fingerprint density at radius 1 is 1.25 bits per heavy atom. The number of rotatable bonds is 5. The van der Waals surface area contributed by atoms with Crippen molar-refractivity contribution >= 4 is 17.2 Å². The van der Waals surface area contributed by atoms with Crippen LogP contribution in [0.3, 0.4) is 0 Å². The van der Waals surface area contributed by atoms with Crippen molar-refractivity contribution in [2.75, 3.05) is 17.6 Å². The van der Waals surface area contributed by atoms with Crippen molar-refractivity contribution in [3.05, 3.63) is 59.4 Å². The van der Waals surface area contributed by atoms with E-state index in [2.05, 4.69) is 5.32 Å². The van der Waals surface area contributed by atoms with Gasteiger partial charge < -0.3 is 11.1 Å². The molecule has 0 fully saturated rings. The maximum atomic E-state index is 13.4. The number of carbonyl (C=O) groups excluding carboxylic acids is 1. The monoisotopic (exact) mass is 272 g/mol. The summed E-state index contributed by atoms with van der Waals surface area (Å²) in [6.45, 7) is 2.07. The van der Waals surface area contributed by atoms with Gasteiger partial charge in [0.1, 0.15) is 5.82 Å². The fourth-order valence-corrected chi connectivity index (χ4v) is 2.01. The predicted molar refractivity (Wildman–Crippen MR) is 79.5 cm³/mol. The number of nitrogen functional groups attached to an aromatic ring is 1. The van der Waals surface area contributed by atoms with Crippen LogP contribution in [0.2, 0.25) is 0 Å². The summed E-state index contributed by atoms with van der Waals surface area (Å²) in [5.74, 6) is -0.267. The molecule has 0 heterocycles. The Morgan fingerprint density at radius 3 is 2.70 bits per heavy atom. The summed E-state index contributed by atoms with van der Waals surface area (Å²) in [4.78, 5) is 11.4. The molecule has 0 unspecified atom stereocenters. The van der Waals surface area contributed by atoms with Gasteiger partial charge >= 0.3 is 0 Å². The zero-order valence-corrected chi connectivity index (χ0v) is 11.3. The number of ketones is 1. The zero-order chi connectivity index (χ0) is 14.5. The number of Topliss-reactive ketones (excluding diaryl/α,β-unsaturated/α-hetero) is 1. The van der Waals surface area contributed by atoms with Crippen LogP contribution in [0.1, 0.15) is 22.8 Å². The summed E-state index contributed by atoms with van der Waals surface area (Å²) >= 11 is 0. The van der Waals surface area contributed by atoms with Crippen molar-refractivity contribution < 1.29 is 9.18 Å². The fourth-order valence-electron chi connectivity index (χ4n) is 2.01. The molecule has 20 heavy (non-hydrogen) atoms. The number of hydrogen-bond donors (Lipinski definition) is 2. The first-order valence-corrected chi connectivity index (χ1v) is 6.45. The van der Waals surface area contributed by atoms with Crippen LogP contribution in [-0.4, -0.2) is 12.3 Å². The minimum Gasteiger partial charge on any atom is -0.398 e. The van der Waals surface area contributed by atoms with Gasteiger partial charge in [-0.2, -0.15) is 0 Å². The van der Waals surface area contributed by atoms with E-state index >= 15 is 0 Å². The number of nitrogens with one attached hydrogen (secondary N) is 1. The van der Waals surface area contributed by atoms with Gasteiger partial charge in [-0.15, -0.1) is 0 Å². The van der Waals surface area contributed by atoms with Crippen LogP contribution in [0.25, 0.3) is 0 Å². The lowest BCUT2D eigenvalue weighted by Gasteiger charge is -2.09. The maximum Gasteiger partial charge on any atom is 0.161 e. The number of halogens is 1. The van der Waals surface area contributed by atoms with E-state index in [1.807, 2.05) is 12.1 Å². The molecule has 3 nitrogen and oxygen atoms in total. The molecule has 0 aromatic heterocycles. The van der Waals surface area contributed by atoms with E-state index in [9.17, 15) is 9.18 Å². The predicted octanol–water partition coefficient (Wildman–Crippen LogP) is 3.27. The van der Waals surface area contributed by atoms with Crippen molar-refractivity contribution in [2.24, 2.45) is 0 Å². The average molecular weight is 272 g/mol. The third-order valence-electron chi connectivity index (χ3n) is 3.11. The molecule has 0 bridgehead atoms. The Labute approximate surface area is 117 Å². The van der Waals surface area contributed by atoms with Gasteiger partial charge in [-0.3, -0.25) is 4.79 Å². The van der Waals surface area contributed by atoms with Crippen molar-refractivity contribution in [1.82, 2.24) is 0 Å². The molecule has 0 atom stereocenters. The quantitative estimate of drug-likeness (QED) is 0.649. The first-order chi connectivity index (χ1) is 9.58. The van der Waals surface area contributed by atoms with Gasteiger partial charge in [0.15, 0.2) is 5.78 Å². The molecule has 0 aliphatic heterocycles. The summed E-state index contributed by atoms with van der Waals surface area (Å²) in [7, 11) is 0. The number of nitrogens with two attached hydrogens (primary N) is 1. The average Bonchev–Trinajstić information content (AvgIpc) is 2.42. The third-order valence-corrected chi connectivity index (χ3v) is 3.11. The first-order valence-electron chi connectivity index (χ1n) is 6.45. The normalized spacial score (nSPS) is 10.3. The van der Waals surface area contributed by atoms with E-state index in [-0.39, 0.29) is 11.6 Å². The smallest absolute Gasteiger partial charge is 0.161 e. The molecule has 4 heteroatoms. The summed E-state index contributed by atoms with van der Waals surface area (Å²) < 4.78 is 13.4. The molecule has 2 aromatic rings. The largest absolute Gasteiger partial charge is 0.398 e. The van der Waals surface area contributed by atoms with Crippen molar-refractivity contribution in [3.63, 3.8) is 0 Å². The molecule has 0 amide bonds. The van der Waals surface area contributed by atoms with Crippen LogP contribution in [0.15, 0.2) is 42.5 Å². The lowest BCUT2D eigenvalue weighted by molar-refractivity contribution is 0.101. The minimum atomic E-state index is -0.198. The maximum absolute atomic E-state index is 13.4. The zero-order valence-electron chi connectivity index (χ0n) is 11.3. The topological polar surface area (TPSA) is 55.1 Å². The van der Waals surface area contributed by atoms with Gasteiger partial charge in [0, 0.05) is 23.5 Å². The van der Waals surface area contributed by atoms with Gasteiger partial charge in [0.05, 0.1) is 0 Å². The van der Waals surface area contributed by atoms with E-state index in [0.717, 1.165) is 5.69 Å². The second-order valence-electron chi connectivity index (χ2n) is 4.63. The highest BCUT2D eigenvalue weighted by atomic mass is 19.1. The van der Waals surface area contributed by atoms with E-state index in [1.54, 1.807) is 24.3 Å². The van der Waals surface area contributed by atoms with Crippen LogP contribution < -0.4 is 11.1 Å². The van der Waals surface area contributed by atoms with Crippen LogP contribution >= 0.6 is 0 Å². The SMILES string of the molecule is CC(=O)c1cc(NCCc2ccccc2F)ccc1N. The van der Waals surface area contributed by atoms with Crippen LogP contribution in [0, 0.1) is 5.82 Å². The fraction of sp³-hybridized carbons (Fsp3) is 0.188. The summed E-state index contributed by atoms with van der Waals surface area (Å²) in [6.07, 6.45) is 0.576. The van der Waals surface area contributed by atoms with Crippen molar-refractivity contribution in [2.45, 2.75) is 13.3 Å². The highest BCUT2D eigenvalue weighted by Crippen LogP contribution is 2.18. The van der Waals surface area contributed by atoms with Gasteiger partial charge in [0.25, 0.3) is 0 Å². The molecule has 0 radical (unpaired) electrons. The van der Waals surface area contributed by atoms with E-state index < -0.39 is 0 Å². The third kappa shape index (κ3) is 3.35. The van der Waals surface area contributed by atoms with Gasteiger partial charge in [-0.1, -0.05) is 18.2 Å². The number of anilines is 2. The number of hydrogen-bond acceptors (Lipinski definition) is 3. The molecule has 3 N–H and O–H groups in total. The summed E-state index contributed by atoms with van der Waals surface area (Å²) in [5.41, 5.74) is 8.18. The second-order valence-corrected chi connectivity index (χ2v) is 4.63. The molecule has 0 saturated carbocycles. The van der Waals surface area contributed by atoms with Crippen molar-refractivity contribution in [1.29, 1.82) is 0 Å². The second kappa shape index (κ2) is 6.19. The molecule has 0 saturated heterocycles. The molecular formula is C16H17FN2O. The number of carbonyl (C=O) groups is 1. The molecule has 0 aliphatic carbocycles. The van der Waals surface area contributed by atoms with Gasteiger partial charge in [-0.05, 0) is 43.2 Å².